The van der Waals surface area contributed by atoms with E-state index in [-0.39, 0.29) is 11.9 Å². The fourth-order valence-corrected chi connectivity index (χ4v) is 3.78. The molecule has 5 nitrogen and oxygen atoms in total. The highest BCUT2D eigenvalue weighted by Crippen LogP contribution is 2.30. The van der Waals surface area contributed by atoms with E-state index in [4.69, 9.17) is 10.2 Å². The molecule has 5 heteroatoms. The third kappa shape index (κ3) is 3.71. The van der Waals surface area contributed by atoms with Crippen LogP contribution >= 0.6 is 0 Å². The minimum absolute atomic E-state index is 0.0143. The van der Waals surface area contributed by atoms with Gasteiger partial charge in [0.1, 0.15) is 0 Å². The van der Waals surface area contributed by atoms with E-state index < -0.39 is 0 Å². The number of amides is 1. The first-order valence-corrected chi connectivity index (χ1v) is 9.79. The number of aromatic nitrogens is 1. The number of carbonyl (C=O) groups is 1. The lowest BCUT2D eigenvalue weighted by molar-refractivity contribution is 0.0661. The molecular weight excluding hydrogens is 350 g/mol. The number of carbonyl (C=O) groups excluding carboxylic acids is 1. The van der Waals surface area contributed by atoms with Gasteiger partial charge < -0.3 is 15.1 Å². The average Bonchev–Trinajstić information content (AvgIpc) is 3.24. The van der Waals surface area contributed by atoms with Crippen molar-refractivity contribution in [2.75, 3.05) is 13.1 Å². The van der Waals surface area contributed by atoms with Gasteiger partial charge >= 0.3 is 0 Å². The molecule has 1 fully saturated rings. The molecule has 3 aromatic rings. The Hall–Kier alpha value is -2.92. The fraction of sp³-hybridized carbons (Fsp3) is 0.304. The summed E-state index contributed by atoms with van der Waals surface area (Å²) in [5.41, 5.74) is 8.38. The van der Waals surface area contributed by atoms with E-state index >= 15 is 0 Å². The van der Waals surface area contributed by atoms with Crippen LogP contribution in [-0.2, 0) is 0 Å². The van der Waals surface area contributed by atoms with Crippen molar-refractivity contribution in [2.45, 2.75) is 25.8 Å². The van der Waals surface area contributed by atoms with Crippen LogP contribution in [0.5, 0.6) is 0 Å². The Kier molecular flexibility index (Phi) is 5.26. The minimum atomic E-state index is 0.0143. The lowest BCUT2D eigenvalue weighted by Crippen LogP contribution is -2.45. The smallest absolute Gasteiger partial charge is 0.254 e. The van der Waals surface area contributed by atoms with Crippen LogP contribution in [0.4, 0.5) is 0 Å². The molecule has 0 aliphatic carbocycles. The Labute approximate surface area is 165 Å². The van der Waals surface area contributed by atoms with E-state index in [1.165, 1.54) is 0 Å². The van der Waals surface area contributed by atoms with Gasteiger partial charge in [0.25, 0.3) is 5.91 Å². The third-order valence-electron chi connectivity index (χ3n) is 5.44. The van der Waals surface area contributed by atoms with Crippen molar-refractivity contribution in [1.82, 2.24) is 9.88 Å². The highest BCUT2D eigenvalue weighted by Gasteiger charge is 2.28. The van der Waals surface area contributed by atoms with E-state index in [9.17, 15) is 4.79 Å². The van der Waals surface area contributed by atoms with Gasteiger partial charge in [-0.1, -0.05) is 42.5 Å². The summed E-state index contributed by atoms with van der Waals surface area (Å²) in [6.45, 7) is 3.48. The molecule has 1 amide bonds. The highest BCUT2D eigenvalue weighted by atomic mass is 16.4. The Bertz CT molecular complexity index is 949. The second-order valence-electron chi connectivity index (χ2n) is 7.45. The quantitative estimate of drug-likeness (QED) is 0.741. The summed E-state index contributed by atoms with van der Waals surface area (Å²) in [6.07, 6.45) is 3.76. The Morgan fingerprint density at radius 2 is 1.93 bits per heavy atom. The van der Waals surface area contributed by atoms with Gasteiger partial charge in [0.15, 0.2) is 5.76 Å². The first-order valence-electron chi connectivity index (χ1n) is 9.79. The molecule has 4 rings (SSSR count). The van der Waals surface area contributed by atoms with Crippen LogP contribution in [0.2, 0.25) is 0 Å². The maximum atomic E-state index is 13.3. The van der Waals surface area contributed by atoms with Gasteiger partial charge in [0, 0.05) is 30.3 Å². The molecule has 1 aliphatic rings. The largest absolute Gasteiger partial charge is 0.436 e. The van der Waals surface area contributed by atoms with Gasteiger partial charge in [0.05, 0.1) is 11.8 Å². The molecule has 2 aromatic carbocycles. The summed E-state index contributed by atoms with van der Waals surface area (Å²) in [5.74, 6) is 1.51. The van der Waals surface area contributed by atoms with Crippen molar-refractivity contribution in [3.63, 3.8) is 0 Å². The normalized spacial score (nSPS) is 18.1. The zero-order valence-electron chi connectivity index (χ0n) is 16.0. The standard InChI is InChI=1S/C23H25N3O2/c1-16(24)18-10-7-13-26(15-18)23(27)20-12-6-5-11-19(20)22-25-14-21(28-22)17-8-3-2-4-9-17/h2-6,8-9,11-12,14,16,18H,7,10,13,15,24H2,1H3. The number of nitrogens with two attached hydrogens (primary N) is 1. The first kappa shape index (κ1) is 18.4. The van der Waals surface area contributed by atoms with Crippen LogP contribution in [0, 0.1) is 5.92 Å². The molecule has 2 N–H and O–H groups in total. The van der Waals surface area contributed by atoms with Gasteiger partial charge in [-0.2, -0.15) is 0 Å². The van der Waals surface area contributed by atoms with Gasteiger partial charge in [-0.3, -0.25) is 4.79 Å². The maximum absolute atomic E-state index is 13.3. The monoisotopic (exact) mass is 375 g/mol. The first-order chi connectivity index (χ1) is 13.6. The molecule has 1 saturated heterocycles. The van der Waals surface area contributed by atoms with E-state index in [0.717, 1.165) is 30.5 Å². The number of hydrogen-bond donors (Lipinski definition) is 1. The number of nitrogens with zero attached hydrogens (tertiary/aromatic N) is 2. The molecule has 144 valence electrons. The molecule has 0 spiro atoms. The van der Waals surface area contributed by atoms with Crippen molar-refractivity contribution in [2.24, 2.45) is 11.7 Å². The fourth-order valence-electron chi connectivity index (χ4n) is 3.78. The molecule has 2 atom stereocenters. The van der Waals surface area contributed by atoms with Crippen molar-refractivity contribution < 1.29 is 9.21 Å². The molecule has 28 heavy (non-hydrogen) atoms. The zero-order chi connectivity index (χ0) is 19.5. The lowest BCUT2D eigenvalue weighted by Gasteiger charge is -2.34. The SMILES string of the molecule is CC(N)C1CCCN(C(=O)c2ccccc2-c2ncc(-c3ccccc3)o2)C1. The van der Waals surface area contributed by atoms with Crippen LogP contribution in [0.1, 0.15) is 30.1 Å². The molecule has 1 aliphatic heterocycles. The molecule has 1 aromatic heterocycles. The Morgan fingerprint density at radius 1 is 1.18 bits per heavy atom. The van der Waals surface area contributed by atoms with Gasteiger partial charge in [-0.15, -0.1) is 0 Å². The number of likely N-dealkylation sites (tertiary alicyclic amines) is 1. The van der Waals surface area contributed by atoms with E-state index in [1.54, 1.807) is 6.20 Å². The topological polar surface area (TPSA) is 72.4 Å². The average molecular weight is 375 g/mol. The van der Waals surface area contributed by atoms with Crippen LogP contribution in [0.3, 0.4) is 0 Å². The van der Waals surface area contributed by atoms with Gasteiger partial charge in [0.2, 0.25) is 5.89 Å². The number of rotatable bonds is 4. The summed E-state index contributed by atoms with van der Waals surface area (Å²) in [6, 6.07) is 17.4. The van der Waals surface area contributed by atoms with Crippen molar-refractivity contribution in [1.29, 1.82) is 0 Å². The van der Waals surface area contributed by atoms with Crippen molar-refractivity contribution in [3.05, 3.63) is 66.4 Å². The van der Waals surface area contributed by atoms with Crippen LogP contribution in [-0.4, -0.2) is 34.9 Å². The maximum Gasteiger partial charge on any atom is 0.254 e. The lowest BCUT2D eigenvalue weighted by atomic mass is 9.91. The Balaban J connectivity index is 1.63. The minimum Gasteiger partial charge on any atom is -0.436 e. The second-order valence-corrected chi connectivity index (χ2v) is 7.45. The molecule has 2 heterocycles. The second kappa shape index (κ2) is 7.98. The zero-order valence-corrected chi connectivity index (χ0v) is 16.0. The molecule has 0 bridgehead atoms. The van der Waals surface area contributed by atoms with Crippen molar-refractivity contribution >= 4 is 5.91 Å². The van der Waals surface area contributed by atoms with E-state index in [0.29, 0.717) is 29.7 Å². The summed E-state index contributed by atoms with van der Waals surface area (Å²) in [7, 11) is 0. The van der Waals surface area contributed by atoms with Crippen molar-refractivity contribution in [3.8, 4) is 22.8 Å². The number of hydrogen-bond acceptors (Lipinski definition) is 4. The van der Waals surface area contributed by atoms with Gasteiger partial charge in [-0.05, 0) is 37.8 Å². The highest BCUT2D eigenvalue weighted by molar-refractivity contribution is 6.00. The molecule has 0 radical (unpaired) electrons. The summed E-state index contributed by atoms with van der Waals surface area (Å²) >= 11 is 0. The van der Waals surface area contributed by atoms with Crippen LogP contribution in [0.15, 0.2) is 65.2 Å². The summed E-state index contributed by atoms with van der Waals surface area (Å²) in [5, 5.41) is 0. The van der Waals surface area contributed by atoms with Crippen LogP contribution < -0.4 is 5.73 Å². The predicted octanol–water partition coefficient (Wildman–Crippen LogP) is 4.21. The molecule has 2 unspecified atom stereocenters. The van der Waals surface area contributed by atoms with Gasteiger partial charge in [-0.25, -0.2) is 4.98 Å². The predicted molar refractivity (Wildman–Crippen MR) is 110 cm³/mol. The number of piperidine rings is 1. The molecular formula is C23H25N3O2. The van der Waals surface area contributed by atoms with Crippen LogP contribution in [0.25, 0.3) is 22.8 Å². The third-order valence-corrected chi connectivity index (χ3v) is 5.44. The number of benzene rings is 2. The Morgan fingerprint density at radius 3 is 2.71 bits per heavy atom. The molecule has 0 saturated carbocycles. The summed E-state index contributed by atoms with van der Waals surface area (Å²) < 4.78 is 5.99. The van der Waals surface area contributed by atoms with E-state index in [2.05, 4.69) is 4.98 Å². The summed E-state index contributed by atoms with van der Waals surface area (Å²) in [4.78, 5) is 19.6. The van der Waals surface area contributed by atoms with E-state index in [1.807, 2.05) is 66.4 Å². The number of oxazole rings is 1.